The topological polar surface area (TPSA) is 24.1 Å². The average Bonchev–Trinajstić information content (AvgIpc) is 3.33. The third kappa shape index (κ3) is 2.87. The van der Waals surface area contributed by atoms with Crippen molar-refractivity contribution >= 4 is 0 Å². The molecule has 2 aromatic rings. The summed E-state index contributed by atoms with van der Waals surface area (Å²) in [5.41, 5.74) is 4.46. The Morgan fingerprint density at radius 2 is 1.71 bits per heavy atom. The highest BCUT2D eigenvalue weighted by Gasteiger charge is 2.38. The molecule has 3 atom stereocenters. The van der Waals surface area contributed by atoms with Gasteiger partial charge in [0.15, 0.2) is 0 Å². The minimum atomic E-state index is 0.567. The van der Waals surface area contributed by atoms with E-state index < -0.39 is 0 Å². The summed E-state index contributed by atoms with van der Waals surface area (Å²) in [5.74, 6) is 0.724. The van der Waals surface area contributed by atoms with Crippen LogP contribution in [0.1, 0.15) is 29.0 Å². The first kappa shape index (κ1) is 13.1. The first-order chi connectivity index (χ1) is 10.4. The molecule has 0 amide bonds. The quantitative estimate of drug-likeness (QED) is 0.898. The van der Waals surface area contributed by atoms with E-state index in [1.807, 2.05) is 0 Å². The predicted molar refractivity (Wildman–Crippen MR) is 86.4 cm³/mol. The van der Waals surface area contributed by atoms with E-state index in [0.29, 0.717) is 12.1 Å². The first-order valence-corrected chi connectivity index (χ1v) is 7.98. The monoisotopic (exact) mass is 278 g/mol. The van der Waals surface area contributed by atoms with Crippen LogP contribution < -0.4 is 10.6 Å². The molecule has 1 heterocycles. The van der Waals surface area contributed by atoms with Gasteiger partial charge in [-0.1, -0.05) is 54.6 Å². The van der Waals surface area contributed by atoms with Crippen molar-refractivity contribution in [1.82, 2.24) is 10.6 Å². The third-order valence-corrected chi connectivity index (χ3v) is 4.81. The Bertz CT molecular complexity index is 608. The number of rotatable bonds is 4. The molecule has 0 aromatic heterocycles. The van der Waals surface area contributed by atoms with Gasteiger partial charge in [0.2, 0.25) is 0 Å². The molecule has 0 saturated heterocycles. The van der Waals surface area contributed by atoms with E-state index in [1.165, 1.54) is 23.1 Å². The molecule has 0 radical (unpaired) electrons. The summed E-state index contributed by atoms with van der Waals surface area (Å²) >= 11 is 0. The van der Waals surface area contributed by atoms with Gasteiger partial charge < -0.3 is 10.6 Å². The molecule has 0 bridgehead atoms. The normalized spacial score (nSPS) is 27.1. The first-order valence-electron chi connectivity index (χ1n) is 7.98. The Labute approximate surface area is 126 Å². The third-order valence-electron chi connectivity index (χ3n) is 4.81. The van der Waals surface area contributed by atoms with Crippen LogP contribution in [-0.4, -0.2) is 18.6 Å². The molecule has 21 heavy (non-hydrogen) atoms. The van der Waals surface area contributed by atoms with E-state index in [0.717, 1.165) is 25.4 Å². The van der Waals surface area contributed by atoms with Crippen LogP contribution in [0.3, 0.4) is 0 Å². The van der Waals surface area contributed by atoms with Gasteiger partial charge in [-0.25, -0.2) is 0 Å². The maximum absolute atomic E-state index is 3.74. The van der Waals surface area contributed by atoms with Gasteiger partial charge in [-0.15, -0.1) is 0 Å². The van der Waals surface area contributed by atoms with Crippen LogP contribution in [0.2, 0.25) is 0 Å². The molecular weight excluding hydrogens is 256 g/mol. The van der Waals surface area contributed by atoms with Gasteiger partial charge in [-0.05, 0) is 29.5 Å². The molecule has 2 heteroatoms. The second-order valence-corrected chi connectivity index (χ2v) is 6.32. The lowest BCUT2D eigenvalue weighted by Gasteiger charge is -2.26. The second-order valence-electron chi connectivity index (χ2n) is 6.32. The van der Waals surface area contributed by atoms with Crippen LogP contribution in [0, 0.1) is 0 Å². The van der Waals surface area contributed by atoms with Crippen molar-refractivity contribution in [2.24, 2.45) is 0 Å². The Kier molecular flexibility index (Phi) is 3.50. The van der Waals surface area contributed by atoms with E-state index in [4.69, 9.17) is 0 Å². The van der Waals surface area contributed by atoms with Crippen molar-refractivity contribution < 1.29 is 0 Å². The molecular formula is C19H22N2. The zero-order chi connectivity index (χ0) is 14.1. The molecule has 3 unspecified atom stereocenters. The van der Waals surface area contributed by atoms with Crippen LogP contribution in [0.25, 0.3) is 0 Å². The highest BCUT2D eigenvalue weighted by atomic mass is 15.0. The summed E-state index contributed by atoms with van der Waals surface area (Å²) in [7, 11) is 0. The molecule has 108 valence electrons. The molecule has 1 aliphatic heterocycles. The highest BCUT2D eigenvalue weighted by Crippen LogP contribution is 2.40. The van der Waals surface area contributed by atoms with E-state index in [2.05, 4.69) is 65.2 Å². The lowest BCUT2D eigenvalue weighted by atomic mass is 9.96. The molecule has 1 saturated carbocycles. The zero-order valence-corrected chi connectivity index (χ0v) is 12.3. The molecule has 1 fully saturated rings. The number of nitrogens with one attached hydrogen (secondary N) is 2. The van der Waals surface area contributed by atoms with Crippen LogP contribution >= 0.6 is 0 Å². The van der Waals surface area contributed by atoms with Crippen LogP contribution in [0.15, 0.2) is 54.6 Å². The van der Waals surface area contributed by atoms with Crippen molar-refractivity contribution in [2.45, 2.75) is 37.4 Å². The molecule has 0 spiro atoms. The molecule has 2 nitrogen and oxygen atoms in total. The van der Waals surface area contributed by atoms with Gasteiger partial charge in [0.05, 0.1) is 0 Å². The summed E-state index contributed by atoms with van der Waals surface area (Å²) in [6.07, 6.45) is 2.43. The van der Waals surface area contributed by atoms with Crippen molar-refractivity contribution in [3.63, 3.8) is 0 Å². The SMILES string of the molecule is c1ccc(C2CC2NCC2Cc3ccccc3CN2)cc1. The average molecular weight is 278 g/mol. The Hall–Kier alpha value is -1.64. The minimum Gasteiger partial charge on any atom is -0.312 e. The van der Waals surface area contributed by atoms with Crippen molar-refractivity contribution in [3.05, 3.63) is 71.3 Å². The maximum Gasteiger partial charge on any atom is 0.0236 e. The lowest BCUT2D eigenvalue weighted by molar-refractivity contribution is 0.445. The predicted octanol–water partition coefficient (Wildman–Crippen LogP) is 2.85. The fraction of sp³-hybridized carbons (Fsp3) is 0.368. The van der Waals surface area contributed by atoms with Crippen LogP contribution in [-0.2, 0) is 13.0 Å². The summed E-state index contributed by atoms with van der Waals surface area (Å²) in [6.45, 7) is 2.08. The zero-order valence-electron chi connectivity index (χ0n) is 12.3. The summed E-state index contributed by atoms with van der Waals surface area (Å²) in [4.78, 5) is 0. The Morgan fingerprint density at radius 3 is 2.57 bits per heavy atom. The number of fused-ring (bicyclic) bond motifs is 1. The van der Waals surface area contributed by atoms with E-state index in [-0.39, 0.29) is 0 Å². The van der Waals surface area contributed by atoms with Gasteiger partial charge in [-0.2, -0.15) is 0 Å². The van der Waals surface area contributed by atoms with E-state index in [1.54, 1.807) is 0 Å². The van der Waals surface area contributed by atoms with Crippen molar-refractivity contribution in [2.75, 3.05) is 6.54 Å². The summed E-state index contributed by atoms with van der Waals surface area (Å²) in [6, 6.07) is 20.9. The summed E-state index contributed by atoms with van der Waals surface area (Å²) in [5, 5.41) is 7.39. The Balaban J connectivity index is 1.30. The Morgan fingerprint density at radius 1 is 0.952 bits per heavy atom. The van der Waals surface area contributed by atoms with Gasteiger partial charge in [-0.3, -0.25) is 0 Å². The van der Waals surface area contributed by atoms with Gasteiger partial charge in [0.1, 0.15) is 0 Å². The van der Waals surface area contributed by atoms with E-state index in [9.17, 15) is 0 Å². The minimum absolute atomic E-state index is 0.567. The van der Waals surface area contributed by atoms with Gasteiger partial charge >= 0.3 is 0 Å². The standard InChI is InChI=1S/C19H22N2/c1-2-6-14(7-3-1)18-11-19(18)21-13-17-10-15-8-4-5-9-16(15)12-20-17/h1-9,17-21H,10-13H2. The highest BCUT2D eigenvalue weighted by molar-refractivity contribution is 5.30. The lowest BCUT2D eigenvalue weighted by Crippen LogP contribution is -2.43. The van der Waals surface area contributed by atoms with Crippen LogP contribution in [0.5, 0.6) is 0 Å². The van der Waals surface area contributed by atoms with Gasteiger partial charge in [0.25, 0.3) is 0 Å². The molecule has 2 N–H and O–H groups in total. The van der Waals surface area contributed by atoms with Gasteiger partial charge in [0, 0.05) is 31.1 Å². The largest absolute Gasteiger partial charge is 0.312 e. The molecule has 4 rings (SSSR count). The fourth-order valence-corrected chi connectivity index (χ4v) is 3.45. The number of hydrogen-bond donors (Lipinski definition) is 2. The smallest absolute Gasteiger partial charge is 0.0236 e. The van der Waals surface area contributed by atoms with E-state index >= 15 is 0 Å². The van der Waals surface area contributed by atoms with Crippen molar-refractivity contribution in [1.29, 1.82) is 0 Å². The molecule has 1 aliphatic carbocycles. The summed E-state index contributed by atoms with van der Waals surface area (Å²) < 4.78 is 0. The number of benzene rings is 2. The van der Waals surface area contributed by atoms with Crippen molar-refractivity contribution in [3.8, 4) is 0 Å². The van der Waals surface area contributed by atoms with Crippen LogP contribution in [0.4, 0.5) is 0 Å². The second kappa shape index (κ2) is 5.63. The maximum atomic E-state index is 3.74. The molecule has 2 aliphatic rings. The number of hydrogen-bond acceptors (Lipinski definition) is 2. The fourth-order valence-electron chi connectivity index (χ4n) is 3.45. The molecule has 2 aromatic carbocycles.